The van der Waals surface area contributed by atoms with Crippen LogP contribution >= 0.6 is 0 Å². The van der Waals surface area contributed by atoms with Crippen LogP contribution in [0.2, 0.25) is 0 Å². The van der Waals surface area contributed by atoms with Crippen molar-refractivity contribution in [1.82, 2.24) is 0 Å². The second-order valence-corrected chi connectivity index (χ2v) is 5.05. The number of halogens is 2. The van der Waals surface area contributed by atoms with Gasteiger partial charge in [0, 0.05) is 12.8 Å². The van der Waals surface area contributed by atoms with E-state index < -0.39 is 16.0 Å². The first-order chi connectivity index (χ1) is 5.79. The van der Waals surface area contributed by atoms with Crippen molar-refractivity contribution in [3.05, 3.63) is 0 Å². The van der Waals surface area contributed by atoms with E-state index in [4.69, 9.17) is 4.55 Å². The SMILES string of the molecule is O=S(=O)(O)CC1CCC(F)(F)CC1. The topological polar surface area (TPSA) is 54.4 Å². The van der Waals surface area contributed by atoms with Gasteiger partial charge in [-0.25, -0.2) is 8.78 Å². The van der Waals surface area contributed by atoms with E-state index in [2.05, 4.69) is 0 Å². The van der Waals surface area contributed by atoms with Crippen LogP contribution in [0.5, 0.6) is 0 Å². The van der Waals surface area contributed by atoms with Gasteiger partial charge in [0.1, 0.15) is 0 Å². The lowest BCUT2D eigenvalue weighted by atomic mass is 9.88. The third kappa shape index (κ3) is 3.99. The van der Waals surface area contributed by atoms with Crippen LogP contribution in [0.25, 0.3) is 0 Å². The molecule has 0 aromatic rings. The number of rotatable bonds is 2. The number of hydrogen-bond donors (Lipinski definition) is 1. The molecule has 0 saturated heterocycles. The molecule has 0 aliphatic heterocycles. The average Bonchev–Trinajstić information content (AvgIpc) is 1.91. The molecule has 78 valence electrons. The Kier molecular flexibility index (Phi) is 2.91. The van der Waals surface area contributed by atoms with Gasteiger partial charge in [-0.2, -0.15) is 8.42 Å². The van der Waals surface area contributed by atoms with E-state index in [0.717, 1.165) is 0 Å². The Morgan fingerprint density at radius 3 is 2.15 bits per heavy atom. The zero-order chi connectivity index (χ0) is 10.1. The molecule has 0 atom stereocenters. The molecule has 0 bridgehead atoms. The van der Waals surface area contributed by atoms with Gasteiger partial charge in [-0.15, -0.1) is 0 Å². The van der Waals surface area contributed by atoms with E-state index in [1.165, 1.54) is 0 Å². The Morgan fingerprint density at radius 1 is 1.31 bits per heavy atom. The van der Waals surface area contributed by atoms with Gasteiger partial charge < -0.3 is 0 Å². The highest BCUT2D eigenvalue weighted by Gasteiger charge is 2.35. The van der Waals surface area contributed by atoms with Crippen molar-refractivity contribution in [2.45, 2.75) is 31.6 Å². The zero-order valence-corrected chi connectivity index (χ0v) is 7.86. The molecule has 0 radical (unpaired) electrons. The van der Waals surface area contributed by atoms with Crippen LogP contribution in [-0.2, 0) is 10.1 Å². The van der Waals surface area contributed by atoms with Gasteiger partial charge in [-0.3, -0.25) is 4.55 Å². The highest BCUT2D eigenvalue weighted by molar-refractivity contribution is 7.85. The Balaban J connectivity index is 2.43. The van der Waals surface area contributed by atoms with Gasteiger partial charge in [-0.05, 0) is 18.8 Å². The van der Waals surface area contributed by atoms with Crippen LogP contribution in [0.4, 0.5) is 8.78 Å². The standard InChI is InChI=1S/C7H12F2O3S/c8-7(9)3-1-6(2-4-7)5-13(10,11)12/h6H,1-5H2,(H,10,11,12). The smallest absolute Gasteiger partial charge is 0.265 e. The van der Waals surface area contributed by atoms with E-state index in [1.807, 2.05) is 0 Å². The Hall–Kier alpha value is -0.230. The van der Waals surface area contributed by atoms with Crippen molar-refractivity contribution in [2.24, 2.45) is 5.92 Å². The molecule has 1 aliphatic rings. The number of hydrogen-bond acceptors (Lipinski definition) is 2. The first-order valence-corrected chi connectivity index (χ1v) is 5.72. The van der Waals surface area contributed by atoms with Crippen LogP contribution in [0.15, 0.2) is 0 Å². The third-order valence-corrected chi connectivity index (χ3v) is 3.18. The molecule has 1 saturated carbocycles. The van der Waals surface area contributed by atoms with Crippen LogP contribution in [-0.4, -0.2) is 24.6 Å². The fourth-order valence-electron chi connectivity index (χ4n) is 1.56. The lowest BCUT2D eigenvalue weighted by Crippen LogP contribution is -2.28. The molecular weight excluding hydrogens is 202 g/mol. The van der Waals surface area contributed by atoms with Crippen LogP contribution < -0.4 is 0 Å². The van der Waals surface area contributed by atoms with Crippen molar-refractivity contribution < 1.29 is 21.8 Å². The van der Waals surface area contributed by atoms with Crippen molar-refractivity contribution in [3.63, 3.8) is 0 Å². The highest BCUT2D eigenvalue weighted by atomic mass is 32.2. The fraction of sp³-hybridized carbons (Fsp3) is 1.00. The van der Waals surface area contributed by atoms with E-state index >= 15 is 0 Å². The summed E-state index contributed by atoms with van der Waals surface area (Å²) in [5.74, 6) is -3.34. The minimum atomic E-state index is -4.01. The predicted molar refractivity (Wildman–Crippen MR) is 43.3 cm³/mol. The van der Waals surface area contributed by atoms with Crippen LogP contribution in [0.1, 0.15) is 25.7 Å². The second kappa shape index (κ2) is 3.49. The molecule has 0 spiro atoms. The molecule has 3 nitrogen and oxygen atoms in total. The summed E-state index contributed by atoms with van der Waals surface area (Å²) >= 11 is 0. The van der Waals surface area contributed by atoms with E-state index in [9.17, 15) is 17.2 Å². The van der Waals surface area contributed by atoms with Crippen LogP contribution in [0.3, 0.4) is 0 Å². The summed E-state index contributed by atoms with van der Waals surface area (Å²) in [6, 6.07) is 0. The lowest BCUT2D eigenvalue weighted by Gasteiger charge is -2.27. The summed E-state index contributed by atoms with van der Waals surface area (Å²) in [4.78, 5) is 0. The minimum absolute atomic E-state index is 0.173. The zero-order valence-electron chi connectivity index (χ0n) is 7.04. The normalized spacial score (nSPS) is 24.5. The predicted octanol–water partition coefficient (Wildman–Crippen LogP) is 1.70. The molecule has 1 aliphatic carbocycles. The maximum absolute atomic E-state index is 12.6. The molecule has 1 fully saturated rings. The molecular formula is C7H12F2O3S. The van der Waals surface area contributed by atoms with E-state index in [0.29, 0.717) is 0 Å². The van der Waals surface area contributed by atoms with Crippen molar-refractivity contribution >= 4 is 10.1 Å². The second-order valence-electron chi connectivity index (χ2n) is 3.55. The number of alkyl halides is 2. The Labute approximate surface area is 75.9 Å². The fourth-order valence-corrected chi connectivity index (χ4v) is 2.49. The van der Waals surface area contributed by atoms with Gasteiger partial charge >= 0.3 is 0 Å². The largest absolute Gasteiger partial charge is 0.286 e. The Morgan fingerprint density at radius 2 is 1.77 bits per heavy atom. The first-order valence-electron chi connectivity index (χ1n) is 4.11. The molecule has 13 heavy (non-hydrogen) atoms. The van der Waals surface area contributed by atoms with E-state index in [-0.39, 0.29) is 37.4 Å². The first kappa shape index (κ1) is 10.8. The minimum Gasteiger partial charge on any atom is -0.286 e. The molecule has 0 heterocycles. The Bertz CT molecular complexity index is 263. The van der Waals surface area contributed by atoms with Gasteiger partial charge in [0.15, 0.2) is 0 Å². The van der Waals surface area contributed by atoms with Gasteiger partial charge in [0.05, 0.1) is 5.75 Å². The molecule has 1 N–H and O–H groups in total. The summed E-state index contributed by atoms with van der Waals surface area (Å²) < 4.78 is 54.5. The summed E-state index contributed by atoms with van der Waals surface area (Å²) in [6.45, 7) is 0. The summed E-state index contributed by atoms with van der Waals surface area (Å²) in [5, 5.41) is 0. The average molecular weight is 214 g/mol. The van der Waals surface area contributed by atoms with Crippen LogP contribution in [0, 0.1) is 5.92 Å². The molecule has 1 rings (SSSR count). The van der Waals surface area contributed by atoms with Gasteiger partial charge in [-0.1, -0.05) is 0 Å². The third-order valence-electron chi connectivity index (χ3n) is 2.28. The lowest BCUT2D eigenvalue weighted by molar-refractivity contribution is -0.0436. The van der Waals surface area contributed by atoms with Gasteiger partial charge in [0.2, 0.25) is 5.92 Å². The van der Waals surface area contributed by atoms with Gasteiger partial charge in [0.25, 0.3) is 10.1 Å². The highest BCUT2D eigenvalue weighted by Crippen LogP contribution is 2.36. The van der Waals surface area contributed by atoms with E-state index in [1.54, 1.807) is 0 Å². The quantitative estimate of drug-likeness (QED) is 0.712. The maximum atomic E-state index is 12.6. The monoisotopic (exact) mass is 214 g/mol. The molecule has 0 aromatic carbocycles. The molecule has 0 amide bonds. The summed E-state index contributed by atoms with van der Waals surface area (Å²) in [5.41, 5.74) is 0. The van der Waals surface area contributed by atoms with Crippen molar-refractivity contribution in [3.8, 4) is 0 Å². The van der Waals surface area contributed by atoms with Crippen molar-refractivity contribution in [1.29, 1.82) is 0 Å². The van der Waals surface area contributed by atoms with Crippen molar-refractivity contribution in [2.75, 3.05) is 5.75 Å². The summed E-state index contributed by atoms with van der Waals surface area (Å²) in [7, 11) is -4.01. The molecule has 6 heteroatoms. The summed E-state index contributed by atoms with van der Waals surface area (Å²) in [6.07, 6.45) is -0.194. The maximum Gasteiger partial charge on any atom is 0.265 e. The molecule has 0 aromatic heterocycles. The molecule has 0 unspecified atom stereocenters.